The molecule has 1 N–H and O–H groups in total. The molecule has 1 heterocycles. The van der Waals surface area contributed by atoms with Crippen molar-refractivity contribution < 1.29 is 4.79 Å². The molecule has 2 rings (SSSR count). The van der Waals surface area contributed by atoms with Crippen molar-refractivity contribution in [2.75, 3.05) is 11.9 Å². The van der Waals surface area contributed by atoms with Crippen molar-refractivity contribution in [1.29, 1.82) is 0 Å². The lowest BCUT2D eigenvalue weighted by atomic mass is 10.0. The van der Waals surface area contributed by atoms with Crippen LogP contribution in [0.1, 0.15) is 39.5 Å². The molecule has 0 aliphatic carbocycles. The fraction of sp³-hybridized carbons (Fsp3) is 0.562. The van der Waals surface area contributed by atoms with Crippen LogP contribution in [0.3, 0.4) is 0 Å². The van der Waals surface area contributed by atoms with Crippen LogP contribution in [0.4, 0.5) is 10.5 Å². The summed E-state index contributed by atoms with van der Waals surface area (Å²) in [5, 5.41) is 3.00. The van der Waals surface area contributed by atoms with Crippen LogP contribution in [0.15, 0.2) is 30.3 Å². The third kappa shape index (κ3) is 3.49. The summed E-state index contributed by atoms with van der Waals surface area (Å²) in [7, 11) is 0. The summed E-state index contributed by atoms with van der Waals surface area (Å²) >= 11 is 0. The average Bonchev–Trinajstić information content (AvgIpc) is 2.84. The van der Waals surface area contributed by atoms with E-state index in [9.17, 15) is 4.79 Å². The molecule has 0 bridgehead atoms. The minimum atomic E-state index is 0.0561. The van der Waals surface area contributed by atoms with Gasteiger partial charge >= 0.3 is 6.03 Å². The monoisotopic (exact) mass is 260 g/mol. The van der Waals surface area contributed by atoms with Crippen molar-refractivity contribution in [2.45, 2.75) is 45.6 Å². The molecule has 0 radical (unpaired) electrons. The molecule has 0 saturated carbocycles. The second-order valence-corrected chi connectivity index (χ2v) is 5.40. The number of nitrogens with one attached hydrogen (secondary N) is 1. The van der Waals surface area contributed by atoms with Gasteiger partial charge in [0.05, 0.1) is 0 Å². The number of amides is 2. The van der Waals surface area contributed by atoms with Crippen molar-refractivity contribution in [3.05, 3.63) is 30.3 Å². The van der Waals surface area contributed by atoms with E-state index in [2.05, 4.69) is 19.2 Å². The van der Waals surface area contributed by atoms with Crippen LogP contribution < -0.4 is 5.32 Å². The zero-order chi connectivity index (χ0) is 13.7. The van der Waals surface area contributed by atoms with Gasteiger partial charge in [0, 0.05) is 18.3 Å². The molecule has 1 aromatic carbocycles. The Morgan fingerprint density at radius 3 is 2.68 bits per heavy atom. The Balaban J connectivity index is 2.00. The van der Waals surface area contributed by atoms with E-state index in [1.165, 1.54) is 0 Å². The summed E-state index contributed by atoms with van der Waals surface area (Å²) < 4.78 is 0. The minimum Gasteiger partial charge on any atom is -0.321 e. The van der Waals surface area contributed by atoms with E-state index < -0.39 is 0 Å². The molecule has 1 aliphatic rings. The van der Waals surface area contributed by atoms with E-state index in [0.29, 0.717) is 12.0 Å². The molecule has 3 heteroatoms. The smallest absolute Gasteiger partial charge is 0.321 e. The highest BCUT2D eigenvalue weighted by molar-refractivity contribution is 5.89. The van der Waals surface area contributed by atoms with Crippen LogP contribution in [0.25, 0.3) is 0 Å². The fourth-order valence-corrected chi connectivity index (χ4v) is 2.88. The molecule has 1 aromatic rings. The van der Waals surface area contributed by atoms with Gasteiger partial charge in [-0.25, -0.2) is 4.79 Å². The molecule has 2 unspecified atom stereocenters. The Labute approximate surface area is 116 Å². The summed E-state index contributed by atoms with van der Waals surface area (Å²) in [6.45, 7) is 5.30. The zero-order valence-corrected chi connectivity index (χ0v) is 11.9. The highest BCUT2D eigenvalue weighted by Crippen LogP contribution is 2.29. The Morgan fingerprint density at radius 2 is 2.05 bits per heavy atom. The maximum atomic E-state index is 12.4. The van der Waals surface area contributed by atoms with Crippen LogP contribution in [0.5, 0.6) is 0 Å². The van der Waals surface area contributed by atoms with E-state index in [4.69, 9.17) is 0 Å². The quantitative estimate of drug-likeness (QED) is 0.867. The number of rotatable bonds is 4. The van der Waals surface area contributed by atoms with Crippen molar-refractivity contribution in [3.63, 3.8) is 0 Å². The normalized spacial score (nSPS) is 22.5. The van der Waals surface area contributed by atoms with Gasteiger partial charge in [-0.3, -0.25) is 0 Å². The first-order chi connectivity index (χ1) is 9.24. The van der Waals surface area contributed by atoms with Gasteiger partial charge in [0.1, 0.15) is 0 Å². The Kier molecular flexibility index (Phi) is 4.83. The molecule has 0 aromatic heterocycles. The first-order valence-corrected chi connectivity index (χ1v) is 7.37. The van der Waals surface area contributed by atoms with Gasteiger partial charge in [0.2, 0.25) is 0 Å². The van der Waals surface area contributed by atoms with Gasteiger partial charge in [-0.1, -0.05) is 44.9 Å². The van der Waals surface area contributed by atoms with Crippen molar-refractivity contribution in [3.8, 4) is 0 Å². The van der Waals surface area contributed by atoms with Crippen LogP contribution in [0.2, 0.25) is 0 Å². The highest BCUT2D eigenvalue weighted by Gasteiger charge is 2.33. The number of nitrogens with zero attached hydrogens (tertiary/aromatic N) is 1. The van der Waals surface area contributed by atoms with Gasteiger partial charge in [0.25, 0.3) is 0 Å². The third-order valence-corrected chi connectivity index (χ3v) is 3.99. The summed E-state index contributed by atoms with van der Waals surface area (Å²) in [6.07, 6.45) is 4.57. The summed E-state index contributed by atoms with van der Waals surface area (Å²) in [5.74, 6) is 0.665. The second-order valence-electron chi connectivity index (χ2n) is 5.40. The van der Waals surface area contributed by atoms with E-state index in [1.54, 1.807) is 0 Å². The second kappa shape index (κ2) is 6.60. The molecule has 2 atom stereocenters. The minimum absolute atomic E-state index is 0.0561. The van der Waals surface area contributed by atoms with E-state index in [0.717, 1.165) is 37.9 Å². The largest absolute Gasteiger partial charge is 0.322 e. The molecule has 1 fully saturated rings. The van der Waals surface area contributed by atoms with Gasteiger partial charge in [-0.15, -0.1) is 0 Å². The lowest BCUT2D eigenvalue weighted by Crippen LogP contribution is -2.38. The molecule has 0 spiro atoms. The molecule has 19 heavy (non-hydrogen) atoms. The van der Waals surface area contributed by atoms with E-state index in [1.807, 2.05) is 35.2 Å². The summed E-state index contributed by atoms with van der Waals surface area (Å²) in [4.78, 5) is 14.4. The average molecular weight is 260 g/mol. The Hall–Kier alpha value is -1.51. The molecule has 104 valence electrons. The van der Waals surface area contributed by atoms with Crippen LogP contribution in [-0.4, -0.2) is 23.5 Å². The predicted molar refractivity (Wildman–Crippen MR) is 79.3 cm³/mol. The standard InChI is InChI=1S/C16H24N2O/c1-3-8-15-11-13(4-2)12-18(15)16(19)17-14-9-6-5-7-10-14/h5-7,9-10,13,15H,3-4,8,11-12H2,1-2H3,(H,17,19). The lowest BCUT2D eigenvalue weighted by Gasteiger charge is -2.24. The van der Waals surface area contributed by atoms with E-state index >= 15 is 0 Å². The molecule has 2 amide bonds. The molecule has 1 saturated heterocycles. The summed E-state index contributed by atoms with van der Waals surface area (Å²) in [6, 6.07) is 10.2. The van der Waals surface area contributed by atoms with Crippen molar-refractivity contribution in [1.82, 2.24) is 4.90 Å². The van der Waals surface area contributed by atoms with Crippen LogP contribution in [0, 0.1) is 5.92 Å². The van der Waals surface area contributed by atoms with Gasteiger partial charge in [0.15, 0.2) is 0 Å². The maximum absolute atomic E-state index is 12.4. The lowest BCUT2D eigenvalue weighted by molar-refractivity contribution is 0.202. The molecular formula is C16H24N2O. The number of benzene rings is 1. The maximum Gasteiger partial charge on any atom is 0.322 e. The Bertz CT molecular complexity index is 404. The van der Waals surface area contributed by atoms with E-state index in [-0.39, 0.29) is 6.03 Å². The third-order valence-electron chi connectivity index (χ3n) is 3.99. The molecule has 3 nitrogen and oxygen atoms in total. The van der Waals surface area contributed by atoms with Gasteiger partial charge in [-0.2, -0.15) is 0 Å². The number of hydrogen-bond acceptors (Lipinski definition) is 1. The first kappa shape index (κ1) is 13.9. The SMILES string of the molecule is CCCC1CC(CC)CN1C(=O)Nc1ccccc1. The zero-order valence-electron chi connectivity index (χ0n) is 11.9. The van der Waals surface area contributed by atoms with Crippen LogP contribution >= 0.6 is 0 Å². The number of hydrogen-bond donors (Lipinski definition) is 1. The fourth-order valence-electron chi connectivity index (χ4n) is 2.88. The molecular weight excluding hydrogens is 236 g/mol. The first-order valence-electron chi connectivity index (χ1n) is 7.37. The van der Waals surface area contributed by atoms with Gasteiger partial charge < -0.3 is 10.2 Å². The number of carbonyl (C=O) groups is 1. The Morgan fingerprint density at radius 1 is 1.32 bits per heavy atom. The van der Waals surface area contributed by atoms with Crippen molar-refractivity contribution in [2.24, 2.45) is 5.92 Å². The number of urea groups is 1. The number of carbonyl (C=O) groups excluding carboxylic acids is 1. The molecule has 1 aliphatic heterocycles. The number of anilines is 1. The van der Waals surface area contributed by atoms with Crippen molar-refractivity contribution >= 4 is 11.7 Å². The highest BCUT2D eigenvalue weighted by atomic mass is 16.2. The number of para-hydroxylation sites is 1. The topological polar surface area (TPSA) is 32.3 Å². The van der Waals surface area contributed by atoms with Crippen LogP contribution in [-0.2, 0) is 0 Å². The predicted octanol–water partition coefficient (Wildman–Crippen LogP) is 4.12. The number of likely N-dealkylation sites (tertiary alicyclic amines) is 1. The summed E-state index contributed by atoms with van der Waals surface area (Å²) in [5.41, 5.74) is 0.877. The van der Waals surface area contributed by atoms with Gasteiger partial charge in [-0.05, 0) is 30.9 Å².